The Morgan fingerprint density at radius 2 is 0.180 bits per heavy atom. The second kappa shape index (κ2) is 87.0. The summed E-state index contributed by atoms with van der Waals surface area (Å²) in [7, 11) is 211. The minimum Gasteiger partial charge on any atom is -0.102 e. The van der Waals surface area contributed by atoms with Gasteiger partial charge in [-0.05, 0) is 335 Å². The molecule has 0 heterocycles. The Morgan fingerprint density at radius 3 is 0.270 bits per heavy atom. The standard InChI is InChI=1S/H110P110S/c1-57(2)84(55)99(86(58(3)4)59(5)6)108(103(89(64(15)16)65(17)18)90(66(19)20)67(21)22)100(102(87(60(7)8)61(9)10)88(62(11)12)63(13)14)85(56-111)101(109(104(91(68(23)24)69(25)26)92(70(27)28)71(29)30)105(93(72(31)32)73(33)34)94(74(35)36)75(37)38)110(106(95(76(39)40)77(41)42)96(78(43)44)79(45)46)107(97(80(47)48)81(49)50)98(82(51)52)83(53)54/h1-55H2. The summed E-state index contributed by atoms with van der Waals surface area (Å²) < 4.78 is 0. The molecule has 666 valence electrons. The summed E-state index contributed by atoms with van der Waals surface area (Å²) in [6, 6.07) is 0. The van der Waals surface area contributed by atoms with Crippen molar-refractivity contribution in [3.63, 3.8) is 0 Å². The van der Waals surface area contributed by atoms with E-state index in [1.165, 1.54) is 7.04 Å². The van der Waals surface area contributed by atoms with E-state index in [4.69, 9.17) is 11.8 Å². The topological polar surface area (TPSA) is 0 Å². The van der Waals surface area contributed by atoms with Crippen LogP contribution in [-0.2, 0) is 11.8 Å². The fourth-order valence-corrected chi connectivity index (χ4v) is 1650. The van der Waals surface area contributed by atoms with Crippen LogP contribution in [0.2, 0.25) is 0 Å². The Labute approximate surface area is 872 Å². The first-order valence-electron chi connectivity index (χ1n) is 25.2. The lowest BCUT2D eigenvalue weighted by atomic mass is 28.4. The zero-order chi connectivity index (χ0) is 87.9. The lowest BCUT2D eigenvalue weighted by Gasteiger charge is -2.63. The molecule has 111 heteroatoms. The summed E-state index contributed by atoms with van der Waals surface area (Å²) in [6.07, 6.45) is 0. The van der Waals surface area contributed by atoms with Crippen LogP contribution in [0.15, 0.2) is 0 Å². The maximum atomic E-state index is 8.51. The van der Waals surface area contributed by atoms with Crippen LogP contribution in [0.25, 0.3) is 0 Å². The van der Waals surface area contributed by atoms with Gasteiger partial charge >= 0.3 is 0 Å². The first-order valence-corrected chi connectivity index (χ1v) is 227. The molecule has 0 nitrogen and oxygen atoms in total. The van der Waals surface area contributed by atoms with Gasteiger partial charge in [-0.3, -0.25) is 0 Å². The van der Waals surface area contributed by atoms with Crippen LogP contribution in [0.5, 0.6) is 0 Å². The molecular formula is H110P110S. The van der Waals surface area contributed by atoms with E-state index in [9.17, 15) is 0 Å². The van der Waals surface area contributed by atoms with E-state index in [1.807, 2.05) is 0 Å². The van der Waals surface area contributed by atoms with Gasteiger partial charge in [0.15, 0.2) is 0 Å². The minimum absolute atomic E-state index is 0.429. The molecule has 0 rings (SSSR count). The summed E-state index contributed by atoms with van der Waals surface area (Å²) in [6.45, 7) is -27.5. The highest BCUT2D eigenvalue weighted by molar-refractivity contribution is 9.60. The Hall–Kier alpha value is 47.4. The van der Waals surface area contributed by atoms with Crippen molar-refractivity contribution >= 4 is 887 Å². The molecule has 0 aromatic heterocycles. The average Bonchev–Trinajstić information content (AvgIpc) is 0.712. The molecule has 0 aliphatic heterocycles. The van der Waals surface area contributed by atoms with Crippen molar-refractivity contribution in [3.8, 4) is 0 Å². The monoisotopic (exact) mass is 3550 g/mol. The maximum Gasteiger partial charge on any atom is 0.0292 e. The third-order valence-corrected chi connectivity index (χ3v) is 799. The first kappa shape index (κ1) is 158. The highest BCUT2D eigenvalue weighted by Crippen LogP contribution is 3.54. The second-order valence-electron chi connectivity index (χ2n) is 17.6. The predicted molar refractivity (Wildman–Crippen MR) is 922 cm³/mol. The third-order valence-electron chi connectivity index (χ3n) is 9.86. The maximum absolute atomic E-state index is 8.51. The number of hydrogen-bond acceptors (Lipinski definition) is 1. The summed E-state index contributed by atoms with van der Waals surface area (Å²) >= 11 is 8.51. The van der Waals surface area contributed by atoms with Crippen LogP contribution in [0.3, 0.4) is 0 Å². The van der Waals surface area contributed by atoms with E-state index in [-0.39, 0.29) is 0 Å². The van der Waals surface area contributed by atoms with Crippen molar-refractivity contribution < 1.29 is 0 Å². The molecule has 0 N–H and O–H groups in total. The molecule has 0 amide bonds. The van der Waals surface area contributed by atoms with Gasteiger partial charge < -0.3 is 0 Å². The van der Waals surface area contributed by atoms with Gasteiger partial charge in [-0.2, -0.15) is 0 Å². The molecular weight excluding hydrogens is 3440 g/mol. The Balaban J connectivity index is 15.1. The second-order valence-corrected chi connectivity index (χ2v) is 476. The van der Waals surface area contributed by atoms with Crippen LogP contribution in [0.4, 0.5) is 0 Å². The van der Waals surface area contributed by atoms with Crippen molar-refractivity contribution in [2.24, 2.45) is 0 Å². The smallest absolute Gasteiger partial charge is 0.0292 e. The largest absolute Gasteiger partial charge is 0.102 e. The molecule has 111 heavy (non-hydrogen) atoms. The molecule has 0 spiro atoms. The van der Waals surface area contributed by atoms with Crippen molar-refractivity contribution in [1.82, 2.24) is 0 Å². The predicted octanol–water partition coefficient (Wildman–Crippen LogP) is 65.3. The number of rotatable bonds is 54. The highest BCUT2D eigenvalue weighted by Gasteiger charge is 2.67. The number of hydrogen-bond donors (Lipinski definition) is 0. The van der Waals surface area contributed by atoms with Gasteiger partial charge in [0.1, 0.15) is 0 Å². The lowest BCUT2D eigenvalue weighted by Crippen LogP contribution is -1.76. The van der Waals surface area contributed by atoms with Crippen molar-refractivity contribution in [1.29, 1.82) is 0 Å². The van der Waals surface area contributed by atoms with Gasteiger partial charge in [0.25, 0.3) is 0 Å². The Bertz CT molecular complexity index is 1980. The van der Waals surface area contributed by atoms with Gasteiger partial charge in [0.05, 0.1) is 0 Å². The molecule has 0 aliphatic carbocycles. The van der Waals surface area contributed by atoms with Gasteiger partial charge in [-0.15, -0.1) is 491 Å². The zero-order valence-corrected chi connectivity index (χ0v) is 170. The molecule has 0 aromatic rings. The van der Waals surface area contributed by atoms with E-state index < -0.39 is 377 Å². The van der Waals surface area contributed by atoms with E-state index in [1.54, 1.807) is 0 Å². The van der Waals surface area contributed by atoms with Gasteiger partial charge in [-0.1, -0.05) is 11.8 Å². The third kappa shape index (κ3) is 55.6. The fourth-order valence-electron chi connectivity index (χ4n) is 6.78. The highest BCUT2D eigenvalue weighted by atomic mass is 33.7. The molecule has 0 saturated carbocycles. The lowest BCUT2D eigenvalue weighted by molar-refractivity contribution is 4.30. The molecule has 0 bridgehead atoms. The Kier molecular flexibility index (Phi) is 124. The van der Waals surface area contributed by atoms with Gasteiger partial charge in [-0.25, -0.2) is 0 Å². The SMILES string of the molecule is PP(P)P(P)P(P(P(P)P)P(P)P)P(P(P(P=S)P(P(P(P(P(P)P)P(P)P)P(P(P)P)P(P)P)P(P(P(P)P)P(P)P)P(P(P)P)P(P)P)P(P(P(P(P)P)P(P)P)P(P(P)P)P(P)P)P(P(P(P)P)P(P)P)P(P(P)P)P(P)P)P(P(P(P)P)P(P)P)P(P(P)P)P(P)P)P(P(P(P)P)P(P)P)P(P(P)P)P(P)P. The van der Waals surface area contributed by atoms with Crippen molar-refractivity contribution in [2.75, 3.05) is 0 Å². The normalized spacial score (nSPS) is 16.0. The molecule has 0 radical (unpaired) electrons. The minimum atomic E-state index is -0.845. The summed E-state index contributed by atoms with van der Waals surface area (Å²) in [4.78, 5) is 0. The van der Waals surface area contributed by atoms with E-state index in [2.05, 4.69) is 491 Å². The summed E-state index contributed by atoms with van der Waals surface area (Å²) in [5, 5.41) is 0. The van der Waals surface area contributed by atoms with Crippen LogP contribution in [0.1, 0.15) is 0 Å². The molecule has 0 saturated heterocycles. The quantitative estimate of drug-likeness (QED) is 0.0547. The van der Waals surface area contributed by atoms with Gasteiger partial charge in [0.2, 0.25) is 0 Å². The first-order chi connectivity index (χ1) is 50.5. The molecule has 60 unspecified atom stereocenters. The molecule has 60 atom stereocenters. The van der Waals surface area contributed by atoms with Crippen molar-refractivity contribution in [2.45, 2.75) is 0 Å². The van der Waals surface area contributed by atoms with Crippen LogP contribution < -0.4 is 0 Å². The van der Waals surface area contributed by atoms with Crippen LogP contribution in [0, 0.1) is 0 Å². The molecule has 0 aliphatic rings. The fraction of sp³-hybridized carbons (Fsp3) is 0. The zero-order valence-electron chi connectivity index (χ0n) is 56.8. The Morgan fingerprint density at radius 1 is 0.0991 bits per heavy atom. The molecule has 0 aromatic carbocycles. The summed E-state index contributed by atoms with van der Waals surface area (Å²) in [5.41, 5.74) is 0. The van der Waals surface area contributed by atoms with Crippen LogP contribution in [-0.4, -0.2) is 0 Å². The molecule has 0 fully saturated rings. The average molecular weight is 3550 g/mol. The van der Waals surface area contributed by atoms with E-state index in [0.717, 1.165) is 0 Å². The van der Waals surface area contributed by atoms with E-state index in [0.29, 0.717) is 0 Å². The van der Waals surface area contributed by atoms with Crippen molar-refractivity contribution in [3.05, 3.63) is 0 Å². The van der Waals surface area contributed by atoms with Gasteiger partial charge in [0, 0.05) is 49.0 Å². The van der Waals surface area contributed by atoms with Crippen LogP contribution >= 0.6 is 875 Å². The van der Waals surface area contributed by atoms with E-state index >= 15 is 0 Å². The summed E-state index contributed by atoms with van der Waals surface area (Å²) in [5.74, 6) is 0.